The van der Waals surface area contributed by atoms with E-state index in [2.05, 4.69) is 10.4 Å². The van der Waals surface area contributed by atoms with E-state index in [0.717, 1.165) is 6.42 Å². The second kappa shape index (κ2) is 10.6. The number of carbonyl (C=O) groups excluding carboxylic acids is 1. The van der Waals surface area contributed by atoms with Crippen LogP contribution >= 0.6 is 7.52 Å². The first-order valence-electron chi connectivity index (χ1n) is 8.05. The number of rotatable bonds is 12. The molecule has 2 atom stereocenters. The molecular weight excluding hydrogens is 313 g/mol. The van der Waals surface area contributed by atoms with Crippen molar-refractivity contribution in [1.82, 2.24) is 10.4 Å². The molecule has 0 saturated heterocycles. The summed E-state index contributed by atoms with van der Waals surface area (Å²) in [4.78, 5) is 11.8. The molecule has 0 saturated carbocycles. The van der Waals surface area contributed by atoms with Crippen molar-refractivity contribution < 1.29 is 13.9 Å². The second-order valence-corrected chi connectivity index (χ2v) is 7.71. The number of para-hydroxylation sites is 1. The molecule has 6 nitrogen and oxygen atoms in total. The molecular formula is C16H28N3O3P. The fraction of sp³-hybridized carbons (Fsp3) is 0.562. The smallest absolute Gasteiger partial charge is 0.317 e. The van der Waals surface area contributed by atoms with Gasteiger partial charge in [0.1, 0.15) is 11.5 Å². The molecule has 4 N–H and O–H groups in total. The second-order valence-electron chi connectivity index (χ2n) is 5.42. The van der Waals surface area contributed by atoms with Crippen LogP contribution in [-0.2, 0) is 9.36 Å². The standard InChI is InChI=1S/C16H28N3O3P/c1-3-8-16(20)14(2)18-13-19-23(21,12-7-11-17)22-15-9-5-4-6-10-15/h4-6,9-10,14,18H,3,7-8,11-13,17H2,1-2H3,(H,19,21)/t14-,23?/m0/s1. The summed E-state index contributed by atoms with van der Waals surface area (Å²) in [5, 5.41) is 5.96. The minimum Gasteiger partial charge on any atom is -0.433 e. The molecule has 1 unspecified atom stereocenters. The third kappa shape index (κ3) is 7.75. The van der Waals surface area contributed by atoms with Crippen molar-refractivity contribution in [3.05, 3.63) is 30.3 Å². The maximum Gasteiger partial charge on any atom is 0.317 e. The van der Waals surface area contributed by atoms with E-state index in [9.17, 15) is 9.36 Å². The maximum atomic E-state index is 12.9. The summed E-state index contributed by atoms with van der Waals surface area (Å²) in [6.07, 6.45) is 2.31. The maximum absolute atomic E-state index is 12.9. The lowest BCUT2D eigenvalue weighted by Crippen LogP contribution is -2.39. The first kappa shape index (κ1) is 19.8. The van der Waals surface area contributed by atoms with Gasteiger partial charge in [0, 0.05) is 6.42 Å². The normalized spacial score (nSPS) is 14.9. The largest absolute Gasteiger partial charge is 0.433 e. The minimum atomic E-state index is -3.06. The number of nitrogens with one attached hydrogen (secondary N) is 2. The average Bonchev–Trinajstić information content (AvgIpc) is 2.54. The molecule has 0 heterocycles. The number of benzene rings is 1. The van der Waals surface area contributed by atoms with E-state index in [1.54, 1.807) is 12.1 Å². The van der Waals surface area contributed by atoms with E-state index in [0.29, 0.717) is 31.3 Å². The molecule has 0 radical (unpaired) electrons. The molecule has 23 heavy (non-hydrogen) atoms. The Morgan fingerprint density at radius 3 is 2.65 bits per heavy atom. The summed E-state index contributed by atoms with van der Waals surface area (Å²) in [6.45, 7) is 4.47. The number of hydrogen-bond donors (Lipinski definition) is 3. The first-order chi connectivity index (χ1) is 11.0. The van der Waals surface area contributed by atoms with Gasteiger partial charge < -0.3 is 10.3 Å². The Hall–Kier alpha value is -1.20. The predicted molar refractivity (Wildman–Crippen MR) is 93.7 cm³/mol. The Labute approximate surface area is 138 Å². The summed E-state index contributed by atoms with van der Waals surface area (Å²) in [6, 6.07) is 8.77. The highest BCUT2D eigenvalue weighted by Gasteiger charge is 2.24. The third-order valence-corrected chi connectivity index (χ3v) is 5.41. The molecule has 0 aliphatic rings. The molecule has 0 aliphatic heterocycles. The van der Waals surface area contributed by atoms with Gasteiger partial charge >= 0.3 is 7.52 Å². The fourth-order valence-corrected chi connectivity index (χ4v) is 3.71. The number of hydrogen-bond acceptors (Lipinski definition) is 5. The molecule has 130 valence electrons. The van der Waals surface area contributed by atoms with Crippen LogP contribution in [0.1, 0.15) is 33.1 Å². The summed E-state index contributed by atoms with van der Waals surface area (Å²) in [7, 11) is -3.06. The van der Waals surface area contributed by atoms with Crippen LogP contribution < -0.4 is 20.7 Å². The van der Waals surface area contributed by atoms with Crippen LogP contribution in [0.3, 0.4) is 0 Å². The predicted octanol–water partition coefficient (Wildman–Crippen LogP) is 2.50. The lowest BCUT2D eigenvalue weighted by atomic mass is 10.1. The number of Topliss-reactive ketones (excluding diaryl/α,β-unsaturated/α-hetero) is 1. The summed E-state index contributed by atoms with van der Waals surface area (Å²) in [5.74, 6) is 0.700. The molecule has 0 aromatic heterocycles. The average molecular weight is 341 g/mol. The van der Waals surface area contributed by atoms with E-state index in [4.69, 9.17) is 10.3 Å². The van der Waals surface area contributed by atoms with Gasteiger partial charge in [0.05, 0.1) is 18.9 Å². The van der Waals surface area contributed by atoms with Crippen LogP contribution in [0.5, 0.6) is 5.75 Å². The Morgan fingerprint density at radius 2 is 2.04 bits per heavy atom. The summed E-state index contributed by atoms with van der Waals surface area (Å²) < 4.78 is 18.6. The van der Waals surface area contributed by atoms with Crippen LogP contribution in [0.15, 0.2) is 30.3 Å². The van der Waals surface area contributed by atoms with E-state index in [-0.39, 0.29) is 18.5 Å². The van der Waals surface area contributed by atoms with Gasteiger partial charge in [-0.2, -0.15) is 0 Å². The number of ketones is 1. The van der Waals surface area contributed by atoms with Crippen LogP contribution in [0.25, 0.3) is 0 Å². The van der Waals surface area contributed by atoms with Crippen LogP contribution in [0.2, 0.25) is 0 Å². The Kier molecular flexibility index (Phi) is 9.10. The molecule has 0 amide bonds. The van der Waals surface area contributed by atoms with Crippen molar-refractivity contribution in [3.8, 4) is 5.75 Å². The molecule has 1 aromatic carbocycles. The third-order valence-electron chi connectivity index (χ3n) is 3.36. The van der Waals surface area contributed by atoms with Crippen molar-refractivity contribution in [2.24, 2.45) is 5.73 Å². The Balaban J connectivity index is 2.57. The van der Waals surface area contributed by atoms with E-state index < -0.39 is 7.52 Å². The van der Waals surface area contributed by atoms with Crippen molar-refractivity contribution in [2.45, 2.75) is 39.2 Å². The molecule has 0 bridgehead atoms. The Morgan fingerprint density at radius 1 is 1.35 bits per heavy atom. The van der Waals surface area contributed by atoms with E-state index >= 15 is 0 Å². The number of nitrogens with two attached hydrogens (primary N) is 1. The quantitative estimate of drug-likeness (QED) is 0.399. The zero-order valence-electron chi connectivity index (χ0n) is 14.0. The van der Waals surface area contributed by atoms with Crippen LogP contribution in [0, 0.1) is 0 Å². The van der Waals surface area contributed by atoms with Gasteiger partial charge in [-0.25, -0.2) is 5.09 Å². The van der Waals surface area contributed by atoms with Gasteiger partial charge in [-0.3, -0.25) is 14.7 Å². The summed E-state index contributed by atoms with van der Waals surface area (Å²) in [5.41, 5.74) is 5.51. The van der Waals surface area contributed by atoms with Gasteiger partial charge in [-0.05, 0) is 38.4 Å². The topological polar surface area (TPSA) is 93.5 Å². The van der Waals surface area contributed by atoms with Gasteiger partial charge in [-0.1, -0.05) is 25.1 Å². The molecule has 7 heteroatoms. The summed E-state index contributed by atoms with van der Waals surface area (Å²) >= 11 is 0. The van der Waals surface area contributed by atoms with Crippen molar-refractivity contribution in [2.75, 3.05) is 19.4 Å². The van der Waals surface area contributed by atoms with E-state index in [1.807, 2.05) is 32.0 Å². The van der Waals surface area contributed by atoms with Gasteiger partial charge in [-0.15, -0.1) is 0 Å². The van der Waals surface area contributed by atoms with E-state index in [1.165, 1.54) is 0 Å². The van der Waals surface area contributed by atoms with Gasteiger partial charge in [0.15, 0.2) is 0 Å². The molecule has 1 aromatic rings. The minimum absolute atomic E-state index is 0.148. The van der Waals surface area contributed by atoms with Crippen LogP contribution in [-0.4, -0.2) is 31.2 Å². The zero-order chi connectivity index (χ0) is 17.1. The van der Waals surface area contributed by atoms with Crippen molar-refractivity contribution in [3.63, 3.8) is 0 Å². The molecule has 0 fully saturated rings. The monoisotopic (exact) mass is 341 g/mol. The van der Waals surface area contributed by atoms with Crippen molar-refractivity contribution in [1.29, 1.82) is 0 Å². The molecule has 1 rings (SSSR count). The highest BCUT2D eigenvalue weighted by atomic mass is 31.2. The first-order valence-corrected chi connectivity index (χ1v) is 9.86. The SMILES string of the molecule is CCCC(=O)[C@H](C)NCNP(=O)(CCCN)Oc1ccccc1. The van der Waals surface area contributed by atoms with Crippen molar-refractivity contribution >= 4 is 13.3 Å². The highest BCUT2D eigenvalue weighted by molar-refractivity contribution is 7.57. The zero-order valence-corrected chi connectivity index (χ0v) is 14.9. The van der Waals surface area contributed by atoms with Gasteiger partial charge in [0.25, 0.3) is 0 Å². The lowest BCUT2D eigenvalue weighted by Gasteiger charge is -2.22. The highest BCUT2D eigenvalue weighted by Crippen LogP contribution is 2.43. The molecule has 0 spiro atoms. The van der Waals surface area contributed by atoms with Crippen LogP contribution in [0.4, 0.5) is 0 Å². The Bertz CT molecular complexity index is 511. The van der Waals surface area contributed by atoms with Gasteiger partial charge in [0.2, 0.25) is 0 Å². The fourth-order valence-electron chi connectivity index (χ4n) is 2.00. The molecule has 0 aliphatic carbocycles. The number of carbonyl (C=O) groups is 1. The lowest BCUT2D eigenvalue weighted by molar-refractivity contribution is -0.120.